The van der Waals surface area contributed by atoms with Crippen molar-refractivity contribution in [3.05, 3.63) is 64.5 Å². The highest BCUT2D eigenvalue weighted by Crippen LogP contribution is 2.30. The lowest BCUT2D eigenvalue weighted by Crippen LogP contribution is -2.14. The minimum absolute atomic E-state index is 0.0210. The molecule has 0 atom stereocenters. The number of anilines is 1. The van der Waals surface area contributed by atoms with Crippen molar-refractivity contribution >= 4 is 33.7 Å². The van der Waals surface area contributed by atoms with Crippen molar-refractivity contribution < 1.29 is 27.2 Å². The molecule has 150 valence electrons. The first-order chi connectivity index (χ1) is 13.8. The summed E-state index contributed by atoms with van der Waals surface area (Å²) in [6.07, 6.45) is -3.72. The van der Waals surface area contributed by atoms with Crippen LogP contribution in [0.15, 0.2) is 62.6 Å². The molecule has 0 unspecified atom stereocenters. The first-order valence-electron chi connectivity index (χ1n) is 8.03. The fraction of sp³-hybridized carbons (Fsp3) is 0.111. The van der Waals surface area contributed by atoms with Crippen molar-refractivity contribution in [3.8, 4) is 11.5 Å². The van der Waals surface area contributed by atoms with Crippen molar-refractivity contribution in [2.24, 2.45) is 5.16 Å². The number of carbonyl (C=O) groups excluding carboxylic acids is 1. The number of rotatable bonds is 6. The molecule has 1 heterocycles. The zero-order valence-corrected chi connectivity index (χ0v) is 16.1. The number of hydrogen-bond donors (Lipinski definition) is 1. The first-order valence-corrected chi connectivity index (χ1v) is 8.82. The van der Waals surface area contributed by atoms with Crippen molar-refractivity contribution in [1.29, 1.82) is 0 Å². The Balaban J connectivity index is 1.50. The molecule has 0 bridgehead atoms. The van der Waals surface area contributed by atoms with Crippen LogP contribution >= 0.6 is 15.9 Å². The van der Waals surface area contributed by atoms with E-state index in [9.17, 15) is 18.0 Å². The topological polar surface area (TPSA) is 89.6 Å². The fourth-order valence-corrected chi connectivity index (χ4v) is 2.41. The number of aromatic nitrogens is 2. The Morgan fingerprint density at radius 3 is 2.69 bits per heavy atom. The first kappa shape index (κ1) is 20.5. The summed E-state index contributed by atoms with van der Waals surface area (Å²) in [6, 6.07) is 11.5. The third-order valence-corrected chi connectivity index (χ3v) is 3.98. The van der Waals surface area contributed by atoms with Crippen molar-refractivity contribution in [1.82, 2.24) is 10.2 Å². The zero-order chi connectivity index (χ0) is 20.9. The Morgan fingerprint density at radius 2 is 1.97 bits per heavy atom. The van der Waals surface area contributed by atoms with Crippen LogP contribution in [0.4, 0.5) is 18.9 Å². The number of hydrogen-bond acceptors (Lipinski definition) is 6. The van der Waals surface area contributed by atoms with E-state index in [1.807, 2.05) is 12.1 Å². The van der Waals surface area contributed by atoms with Gasteiger partial charge in [0.05, 0.1) is 5.56 Å². The molecule has 0 aliphatic rings. The molecule has 3 rings (SSSR count). The third-order valence-electron chi connectivity index (χ3n) is 3.45. The maximum absolute atomic E-state index is 12.7. The molecule has 0 aliphatic carbocycles. The number of amides is 1. The highest BCUT2D eigenvalue weighted by molar-refractivity contribution is 9.10. The highest BCUT2D eigenvalue weighted by Gasteiger charge is 2.30. The van der Waals surface area contributed by atoms with Crippen LogP contribution in [0.25, 0.3) is 11.5 Å². The summed E-state index contributed by atoms with van der Waals surface area (Å²) in [5, 5.41) is 13.4. The second-order valence-electron chi connectivity index (χ2n) is 5.58. The highest BCUT2D eigenvalue weighted by atomic mass is 79.9. The van der Waals surface area contributed by atoms with E-state index < -0.39 is 17.6 Å². The summed E-state index contributed by atoms with van der Waals surface area (Å²) < 4.78 is 44.3. The predicted molar refractivity (Wildman–Crippen MR) is 101 cm³/mol. The standard InChI is InChI=1S/C18H12BrF3N4O3/c19-13-6-4-11(5-7-13)17-26-25-16(29-17)10-28-23-9-15(27)24-14-3-1-2-12(8-14)18(20,21)22/h1-9H,10H2,(H,24,27)/b23-9+. The molecule has 0 fully saturated rings. The SMILES string of the molecule is O=C(/C=N/OCc1nnc(-c2ccc(Br)cc2)o1)Nc1cccc(C(F)(F)F)c1. The summed E-state index contributed by atoms with van der Waals surface area (Å²) >= 11 is 3.32. The number of alkyl halides is 3. The van der Waals surface area contributed by atoms with Gasteiger partial charge in [0.25, 0.3) is 11.8 Å². The number of nitrogens with zero attached hydrogens (tertiary/aromatic N) is 3. The summed E-state index contributed by atoms with van der Waals surface area (Å²) in [5.41, 5.74) is -0.176. The largest absolute Gasteiger partial charge is 0.417 e. The Labute approximate surface area is 170 Å². The molecule has 3 aromatic rings. The quantitative estimate of drug-likeness (QED) is 0.419. The van der Waals surface area contributed by atoms with Crippen molar-refractivity contribution in [3.63, 3.8) is 0 Å². The molecule has 11 heteroatoms. The number of nitrogens with one attached hydrogen (secondary N) is 1. The molecule has 7 nitrogen and oxygen atoms in total. The van der Waals surface area contributed by atoms with E-state index in [1.54, 1.807) is 12.1 Å². The van der Waals surface area contributed by atoms with Gasteiger partial charge in [-0.1, -0.05) is 27.2 Å². The van der Waals surface area contributed by atoms with E-state index in [0.717, 1.165) is 28.4 Å². The lowest BCUT2D eigenvalue weighted by molar-refractivity contribution is -0.137. The minimum Gasteiger partial charge on any atom is -0.417 e. The van der Waals surface area contributed by atoms with Gasteiger partial charge in [0.1, 0.15) is 6.21 Å². The molecule has 0 aliphatic heterocycles. The van der Waals surface area contributed by atoms with Crippen LogP contribution in [-0.2, 0) is 22.4 Å². The van der Waals surface area contributed by atoms with Crippen molar-refractivity contribution in [2.75, 3.05) is 5.32 Å². The smallest absolute Gasteiger partial charge is 0.416 e. The normalized spacial score (nSPS) is 11.6. The molecule has 29 heavy (non-hydrogen) atoms. The number of carbonyl (C=O) groups is 1. The average Bonchev–Trinajstić information content (AvgIpc) is 3.14. The van der Waals surface area contributed by atoms with E-state index in [-0.39, 0.29) is 18.2 Å². The van der Waals surface area contributed by atoms with Gasteiger partial charge in [-0.2, -0.15) is 13.2 Å². The maximum atomic E-state index is 12.7. The lowest BCUT2D eigenvalue weighted by Gasteiger charge is -2.08. The van der Waals surface area contributed by atoms with Gasteiger partial charge in [-0.25, -0.2) is 0 Å². The van der Waals surface area contributed by atoms with Gasteiger partial charge < -0.3 is 14.6 Å². The molecule has 0 saturated heterocycles. The van der Waals surface area contributed by atoms with Gasteiger partial charge in [-0.05, 0) is 42.5 Å². The van der Waals surface area contributed by atoms with E-state index >= 15 is 0 Å². The molecular weight excluding hydrogens is 457 g/mol. The summed E-state index contributed by atoms with van der Waals surface area (Å²) in [7, 11) is 0. The second kappa shape index (κ2) is 8.86. The molecule has 0 radical (unpaired) electrons. The summed E-state index contributed by atoms with van der Waals surface area (Å²) in [5.74, 6) is -0.328. The van der Waals surface area contributed by atoms with Crippen LogP contribution in [0.1, 0.15) is 11.5 Å². The molecule has 0 spiro atoms. The van der Waals surface area contributed by atoms with E-state index in [1.165, 1.54) is 12.1 Å². The number of halogens is 4. The summed E-state index contributed by atoms with van der Waals surface area (Å²) in [6.45, 7) is -0.184. The van der Waals surface area contributed by atoms with Crippen LogP contribution in [0.3, 0.4) is 0 Å². The molecule has 0 saturated carbocycles. The van der Waals surface area contributed by atoms with Crippen molar-refractivity contribution in [2.45, 2.75) is 12.8 Å². The number of benzene rings is 2. The molecular formula is C18H12BrF3N4O3. The van der Waals surface area contributed by atoms with Crippen LogP contribution in [0.2, 0.25) is 0 Å². The number of oxime groups is 1. The second-order valence-corrected chi connectivity index (χ2v) is 6.50. The van der Waals surface area contributed by atoms with Crippen LogP contribution < -0.4 is 5.32 Å². The van der Waals surface area contributed by atoms with Gasteiger partial charge in [-0.15, -0.1) is 10.2 Å². The maximum Gasteiger partial charge on any atom is 0.416 e. The zero-order valence-electron chi connectivity index (χ0n) is 14.5. The van der Waals surface area contributed by atoms with Crippen LogP contribution in [0.5, 0.6) is 0 Å². The molecule has 1 N–H and O–H groups in total. The van der Waals surface area contributed by atoms with Crippen LogP contribution in [-0.4, -0.2) is 22.3 Å². The Bertz CT molecular complexity index is 1020. The van der Waals surface area contributed by atoms with Gasteiger partial charge in [-0.3, -0.25) is 4.79 Å². The van der Waals surface area contributed by atoms with Gasteiger partial charge in [0.15, 0.2) is 6.61 Å². The van der Waals surface area contributed by atoms with E-state index in [0.29, 0.717) is 5.89 Å². The average molecular weight is 469 g/mol. The van der Waals surface area contributed by atoms with Crippen LogP contribution in [0, 0.1) is 0 Å². The van der Waals surface area contributed by atoms with E-state index in [4.69, 9.17) is 9.25 Å². The molecule has 2 aromatic carbocycles. The Kier molecular flexibility index (Phi) is 6.27. The summed E-state index contributed by atoms with van der Waals surface area (Å²) in [4.78, 5) is 16.6. The fourth-order valence-electron chi connectivity index (χ4n) is 2.15. The van der Waals surface area contributed by atoms with Gasteiger partial charge >= 0.3 is 6.18 Å². The third kappa shape index (κ3) is 5.88. The van der Waals surface area contributed by atoms with E-state index in [2.05, 4.69) is 36.6 Å². The monoisotopic (exact) mass is 468 g/mol. The van der Waals surface area contributed by atoms with Gasteiger partial charge in [0.2, 0.25) is 5.89 Å². The Hall–Kier alpha value is -3.21. The minimum atomic E-state index is -4.50. The lowest BCUT2D eigenvalue weighted by atomic mass is 10.2. The Morgan fingerprint density at radius 1 is 1.21 bits per heavy atom. The molecule has 1 aromatic heterocycles. The van der Waals surface area contributed by atoms with Gasteiger partial charge in [0, 0.05) is 15.7 Å². The predicted octanol–water partition coefficient (Wildman–Crippen LogP) is 4.66. The molecule has 1 amide bonds.